The molecule has 2 aromatic carbocycles. The monoisotopic (exact) mass is 294 g/mol. The Kier molecular flexibility index (Phi) is 4.87. The summed E-state index contributed by atoms with van der Waals surface area (Å²) >= 11 is 12.0. The average Bonchev–Trinajstić information content (AvgIpc) is 2.39. The highest BCUT2D eigenvalue weighted by Crippen LogP contribution is 2.30. The van der Waals surface area contributed by atoms with E-state index < -0.39 is 6.10 Å². The van der Waals surface area contributed by atoms with Gasteiger partial charge in [-0.1, -0.05) is 66.9 Å². The third-order valence-corrected chi connectivity index (χ3v) is 3.62. The summed E-state index contributed by atoms with van der Waals surface area (Å²) < 4.78 is 0. The van der Waals surface area contributed by atoms with E-state index >= 15 is 0 Å². The molecule has 1 N–H and O–H groups in total. The van der Waals surface area contributed by atoms with Gasteiger partial charge in [0.2, 0.25) is 0 Å². The molecule has 0 heterocycles. The Labute approximate surface area is 123 Å². The number of benzene rings is 2. The molecule has 2 aromatic rings. The van der Waals surface area contributed by atoms with Gasteiger partial charge in [-0.3, -0.25) is 0 Å². The number of rotatable bonds is 4. The first kappa shape index (κ1) is 14.4. The molecule has 3 heteroatoms. The Hall–Kier alpha value is -1.02. The molecule has 0 spiro atoms. The molecule has 0 bridgehead atoms. The van der Waals surface area contributed by atoms with Crippen LogP contribution in [0.3, 0.4) is 0 Å². The predicted molar refractivity (Wildman–Crippen MR) is 81.0 cm³/mol. The van der Waals surface area contributed by atoms with Crippen LogP contribution < -0.4 is 0 Å². The number of halogens is 2. The van der Waals surface area contributed by atoms with Crippen molar-refractivity contribution >= 4 is 23.2 Å². The quantitative estimate of drug-likeness (QED) is 0.839. The zero-order chi connectivity index (χ0) is 13.8. The summed E-state index contributed by atoms with van der Waals surface area (Å²) in [7, 11) is 0. The van der Waals surface area contributed by atoms with Crippen LogP contribution in [0, 0.1) is 0 Å². The van der Waals surface area contributed by atoms with E-state index in [0.717, 1.165) is 18.4 Å². The van der Waals surface area contributed by atoms with Gasteiger partial charge in [0.15, 0.2) is 0 Å². The molecule has 0 fully saturated rings. The molecule has 1 nitrogen and oxygen atoms in total. The van der Waals surface area contributed by atoms with Gasteiger partial charge in [-0.25, -0.2) is 0 Å². The van der Waals surface area contributed by atoms with Gasteiger partial charge in [0.1, 0.15) is 6.10 Å². The Morgan fingerprint density at radius 1 is 1.11 bits per heavy atom. The van der Waals surface area contributed by atoms with Gasteiger partial charge >= 0.3 is 0 Å². The molecular weight excluding hydrogens is 279 g/mol. The largest absolute Gasteiger partial charge is 0.384 e. The van der Waals surface area contributed by atoms with Crippen LogP contribution in [-0.2, 0) is 6.42 Å². The fraction of sp³-hybridized carbons (Fsp3) is 0.250. The second kappa shape index (κ2) is 6.42. The summed E-state index contributed by atoms with van der Waals surface area (Å²) in [5, 5.41) is 11.5. The summed E-state index contributed by atoms with van der Waals surface area (Å²) in [6, 6.07) is 13.1. The zero-order valence-electron chi connectivity index (χ0n) is 10.7. The van der Waals surface area contributed by atoms with Crippen molar-refractivity contribution in [2.24, 2.45) is 0 Å². The van der Waals surface area contributed by atoms with Crippen molar-refractivity contribution in [2.75, 3.05) is 0 Å². The van der Waals surface area contributed by atoms with Crippen LogP contribution in [0.5, 0.6) is 0 Å². The fourth-order valence-corrected chi connectivity index (χ4v) is 2.62. The minimum Gasteiger partial charge on any atom is -0.384 e. The summed E-state index contributed by atoms with van der Waals surface area (Å²) in [5.41, 5.74) is 2.76. The highest BCUT2D eigenvalue weighted by molar-refractivity contribution is 6.35. The van der Waals surface area contributed by atoms with Gasteiger partial charge in [-0.2, -0.15) is 0 Å². The van der Waals surface area contributed by atoms with Crippen LogP contribution in [0.4, 0.5) is 0 Å². The normalized spacial score (nSPS) is 12.4. The van der Waals surface area contributed by atoms with Gasteiger partial charge in [-0.05, 0) is 29.7 Å². The van der Waals surface area contributed by atoms with E-state index in [0.29, 0.717) is 15.6 Å². The molecule has 19 heavy (non-hydrogen) atoms. The minimum absolute atomic E-state index is 0.487. The topological polar surface area (TPSA) is 20.2 Å². The molecule has 1 unspecified atom stereocenters. The van der Waals surface area contributed by atoms with Crippen molar-refractivity contribution in [1.29, 1.82) is 0 Å². The molecule has 0 saturated carbocycles. The first-order chi connectivity index (χ1) is 9.11. The lowest BCUT2D eigenvalue weighted by Crippen LogP contribution is -2.01. The second-order valence-corrected chi connectivity index (χ2v) is 5.41. The van der Waals surface area contributed by atoms with E-state index in [1.54, 1.807) is 18.2 Å². The Morgan fingerprint density at radius 3 is 2.58 bits per heavy atom. The van der Waals surface area contributed by atoms with Crippen molar-refractivity contribution in [3.05, 3.63) is 69.2 Å². The molecule has 0 saturated heterocycles. The third-order valence-electron chi connectivity index (χ3n) is 3.06. The van der Waals surface area contributed by atoms with E-state index in [1.807, 2.05) is 18.2 Å². The summed E-state index contributed by atoms with van der Waals surface area (Å²) in [6.07, 6.45) is 1.37. The molecule has 0 amide bonds. The zero-order valence-corrected chi connectivity index (χ0v) is 12.2. The first-order valence-electron chi connectivity index (χ1n) is 6.33. The van der Waals surface area contributed by atoms with Gasteiger partial charge in [0.25, 0.3) is 0 Å². The van der Waals surface area contributed by atoms with E-state index in [1.165, 1.54) is 5.56 Å². The molecule has 2 rings (SSSR count). The lowest BCUT2D eigenvalue weighted by Gasteiger charge is -2.14. The molecule has 0 aliphatic carbocycles. The van der Waals surface area contributed by atoms with Crippen LogP contribution in [0.15, 0.2) is 42.5 Å². The van der Waals surface area contributed by atoms with Crippen molar-refractivity contribution < 1.29 is 5.11 Å². The van der Waals surface area contributed by atoms with Crippen LogP contribution in [0.25, 0.3) is 0 Å². The smallest absolute Gasteiger partial charge is 0.105 e. The van der Waals surface area contributed by atoms with Gasteiger partial charge < -0.3 is 5.11 Å². The molecular formula is C16H16Cl2O. The standard InChI is InChI=1S/C16H16Cl2O/c1-2-4-11-5-3-6-12(9-11)16(19)14-8-7-13(17)10-15(14)18/h3,5-10,16,19H,2,4H2,1H3. The van der Waals surface area contributed by atoms with Crippen molar-refractivity contribution in [3.63, 3.8) is 0 Å². The summed E-state index contributed by atoms with van der Waals surface area (Å²) in [6.45, 7) is 2.14. The van der Waals surface area contributed by atoms with Crippen molar-refractivity contribution in [3.8, 4) is 0 Å². The SMILES string of the molecule is CCCc1cccc(C(O)c2ccc(Cl)cc2Cl)c1. The molecule has 0 aliphatic rings. The lowest BCUT2D eigenvalue weighted by atomic mass is 9.98. The third kappa shape index (κ3) is 3.50. The maximum atomic E-state index is 10.4. The van der Waals surface area contributed by atoms with E-state index in [4.69, 9.17) is 23.2 Å². The fourth-order valence-electron chi connectivity index (χ4n) is 2.11. The number of aryl methyl sites for hydroxylation is 1. The van der Waals surface area contributed by atoms with Crippen LogP contribution in [0.2, 0.25) is 10.0 Å². The number of hydrogen-bond donors (Lipinski definition) is 1. The van der Waals surface area contributed by atoms with Crippen LogP contribution >= 0.6 is 23.2 Å². The first-order valence-corrected chi connectivity index (χ1v) is 7.09. The highest BCUT2D eigenvalue weighted by atomic mass is 35.5. The molecule has 0 aromatic heterocycles. The Bertz CT molecular complexity index is 566. The van der Waals surface area contributed by atoms with E-state index in [2.05, 4.69) is 13.0 Å². The molecule has 0 aliphatic heterocycles. The predicted octanol–water partition coefficient (Wildman–Crippen LogP) is 5.03. The van der Waals surface area contributed by atoms with E-state index in [9.17, 15) is 5.11 Å². The number of aliphatic hydroxyl groups is 1. The molecule has 100 valence electrons. The van der Waals surface area contributed by atoms with Gasteiger partial charge in [0.05, 0.1) is 0 Å². The van der Waals surface area contributed by atoms with Crippen LogP contribution in [-0.4, -0.2) is 5.11 Å². The highest BCUT2D eigenvalue weighted by Gasteiger charge is 2.14. The van der Waals surface area contributed by atoms with Crippen molar-refractivity contribution in [1.82, 2.24) is 0 Å². The lowest BCUT2D eigenvalue weighted by molar-refractivity contribution is 0.220. The van der Waals surface area contributed by atoms with Crippen molar-refractivity contribution in [2.45, 2.75) is 25.9 Å². The second-order valence-electron chi connectivity index (χ2n) is 4.56. The Balaban J connectivity index is 2.32. The Morgan fingerprint density at radius 2 is 1.89 bits per heavy atom. The van der Waals surface area contributed by atoms with E-state index in [-0.39, 0.29) is 0 Å². The molecule has 0 radical (unpaired) electrons. The molecule has 1 atom stereocenters. The summed E-state index contributed by atoms with van der Waals surface area (Å²) in [5.74, 6) is 0. The minimum atomic E-state index is -0.721. The summed E-state index contributed by atoms with van der Waals surface area (Å²) in [4.78, 5) is 0. The van der Waals surface area contributed by atoms with Gasteiger partial charge in [0, 0.05) is 15.6 Å². The van der Waals surface area contributed by atoms with Crippen LogP contribution in [0.1, 0.15) is 36.1 Å². The average molecular weight is 295 g/mol. The number of hydrogen-bond acceptors (Lipinski definition) is 1. The van der Waals surface area contributed by atoms with Gasteiger partial charge in [-0.15, -0.1) is 0 Å². The maximum Gasteiger partial charge on any atom is 0.105 e. The number of aliphatic hydroxyl groups excluding tert-OH is 1. The maximum absolute atomic E-state index is 10.4.